The van der Waals surface area contributed by atoms with Gasteiger partial charge in [-0.3, -0.25) is 0 Å². The van der Waals surface area contributed by atoms with Gasteiger partial charge in [-0.05, 0) is 58.9 Å². The molecule has 3 saturated carbocycles. The molecule has 4 atom stereocenters. The zero-order valence-electron chi connectivity index (χ0n) is 9.44. The molecule has 3 aliphatic carbocycles. The number of nitrogen functional groups attached to an aromatic ring is 1. The first-order valence-electron chi connectivity index (χ1n) is 6.29. The fourth-order valence-electron chi connectivity index (χ4n) is 4.17. The average Bonchev–Trinajstić information content (AvgIpc) is 2.69. The van der Waals surface area contributed by atoms with Gasteiger partial charge in [-0.1, -0.05) is 0 Å². The van der Waals surface area contributed by atoms with E-state index in [2.05, 4.69) is 31.2 Å². The average molecular weight is 295 g/mol. The SMILES string of the molecule is Nc1cc(Br)nc(NC2C3C4CCC(C4)C23)n1. The van der Waals surface area contributed by atoms with Gasteiger partial charge in [0, 0.05) is 12.1 Å². The number of nitrogens with two attached hydrogens (primary N) is 1. The molecule has 0 aliphatic heterocycles. The predicted molar refractivity (Wildman–Crippen MR) is 69.4 cm³/mol. The summed E-state index contributed by atoms with van der Waals surface area (Å²) in [5.41, 5.74) is 5.72. The van der Waals surface area contributed by atoms with E-state index in [0.29, 0.717) is 17.8 Å². The van der Waals surface area contributed by atoms with Crippen molar-refractivity contribution in [1.82, 2.24) is 9.97 Å². The number of hydrogen-bond donors (Lipinski definition) is 2. The molecule has 0 saturated heterocycles. The van der Waals surface area contributed by atoms with Gasteiger partial charge in [-0.2, -0.15) is 4.98 Å². The molecule has 3 fully saturated rings. The van der Waals surface area contributed by atoms with Gasteiger partial charge in [0.15, 0.2) is 0 Å². The molecular weight excluding hydrogens is 280 g/mol. The highest BCUT2D eigenvalue weighted by atomic mass is 79.9. The van der Waals surface area contributed by atoms with Crippen molar-refractivity contribution in [3.8, 4) is 0 Å². The second-order valence-corrected chi connectivity index (χ2v) is 6.41. The van der Waals surface area contributed by atoms with Gasteiger partial charge < -0.3 is 11.1 Å². The van der Waals surface area contributed by atoms with Crippen LogP contribution in [0, 0.1) is 23.7 Å². The lowest BCUT2D eigenvalue weighted by Crippen LogP contribution is -2.15. The fourth-order valence-corrected chi connectivity index (χ4v) is 4.57. The Morgan fingerprint density at radius 3 is 2.59 bits per heavy atom. The van der Waals surface area contributed by atoms with Crippen molar-refractivity contribution in [2.75, 3.05) is 11.1 Å². The molecule has 1 heterocycles. The summed E-state index contributed by atoms with van der Waals surface area (Å²) in [6.07, 6.45) is 4.34. The summed E-state index contributed by atoms with van der Waals surface area (Å²) in [4.78, 5) is 8.56. The van der Waals surface area contributed by atoms with E-state index in [9.17, 15) is 0 Å². The molecule has 0 amide bonds. The molecule has 0 spiro atoms. The molecule has 3 N–H and O–H groups in total. The number of fused-ring (bicyclic) bond motifs is 5. The van der Waals surface area contributed by atoms with Crippen LogP contribution in [0.4, 0.5) is 11.8 Å². The second-order valence-electron chi connectivity index (χ2n) is 5.60. The summed E-state index contributed by atoms with van der Waals surface area (Å²) in [5.74, 6) is 4.90. The van der Waals surface area contributed by atoms with Crippen molar-refractivity contribution in [1.29, 1.82) is 0 Å². The molecule has 17 heavy (non-hydrogen) atoms. The van der Waals surface area contributed by atoms with Crippen LogP contribution in [0.25, 0.3) is 0 Å². The molecule has 2 bridgehead atoms. The summed E-state index contributed by atoms with van der Waals surface area (Å²) in [6.45, 7) is 0. The normalized spacial score (nSPS) is 41.4. The maximum atomic E-state index is 5.72. The Balaban J connectivity index is 1.52. The van der Waals surface area contributed by atoms with Gasteiger partial charge in [0.1, 0.15) is 10.4 Å². The van der Waals surface area contributed by atoms with E-state index in [-0.39, 0.29) is 0 Å². The Morgan fingerprint density at radius 1 is 1.24 bits per heavy atom. The third-order valence-electron chi connectivity index (χ3n) is 4.75. The summed E-state index contributed by atoms with van der Waals surface area (Å²) in [5, 5.41) is 3.47. The molecule has 90 valence electrons. The quantitative estimate of drug-likeness (QED) is 0.822. The summed E-state index contributed by atoms with van der Waals surface area (Å²) >= 11 is 3.35. The molecule has 1 aromatic heterocycles. The Bertz CT molecular complexity index is 441. The summed E-state index contributed by atoms with van der Waals surface area (Å²) in [6, 6.07) is 2.33. The van der Waals surface area contributed by atoms with Gasteiger partial charge in [0.2, 0.25) is 5.95 Å². The van der Waals surface area contributed by atoms with E-state index >= 15 is 0 Å². The lowest BCUT2D eigenvalue weighted by molar-refractivity contribution is 0.456. The molecular formula is C12H15BrN4. The van der Waals surface area contributed by atoms with Crippen LogP contribution in [-0.2, 0) is 0 Å². The van der Waals surface area contributed by atoms with E-state index in [1.54, 1.807) is 6.07 Å². The van der Waals surface area contributed by atoms with Crippen LogP contribution in [0.2, 0.25) is 0 Å². The number of nitrogens with one attached hydrogen (secondary N) is 1. The van der Waals surface area contributed by atoms with Crippen molar-refractivity contribution >= 4 is 27.7 Å². The van der Waals surface area contributed by atoms with E-state index in [4.69, 9.17) is 5.73 Å². The topological polar surface area (TPSA) is 63.8 Å². The van der Waals surface area contributed by atoms with E-state index in [1.165, 1.54) is 19.3 Å². The Labute approximate surface area is 109 Å². The summed E-state index contributed by atoms with van der Waals surface area (Å²) in [7, 11) is 0. The largest absolute Gasteiger partial charge is 0.383 e. The third-order valence-corrected chi connectivity index (χ3v) is 5.15. The van der Waals surface area contributed by atoms with Crippen LogP contribution in [0.5, 0.6) is 0 Å². The van der Waals surface area contributed by atoms with Crippen molar-refractivity contribution in [2.24, 2.45) is 23.7 Å². The minimum absolute atomic E-state index is 0.517. The van der Waals surface area contributed by atoms with Gasteiger partial charge in [-0.15, -0.1) is 0 Å². The van der Waals surface area contributed by atoms with Crippen LogP contribution in [0.15, 0.2) is 10.7 Å². The lowest BCUT2D eigenvalue weighted by atomic mass is 10.0. The van der Waals surface area contributed by atoms with Gasteiger partial charge in [0.05, 0.1) is 0 Å². The van der Waals surface area contributed by atoms with E-state index in [1.807, 2.05) is 0 Å². The van der Waals surface area contributed by atoms with Crippen molar-refractivity contribution < 1.29 is 0 Å². The van der Waals surface area contributed by atoms with Crippen LogP contribution in [0.1, 0.15) is 19.3 Å². The Morgan fingerprint density at radius 2 is 1.94 bits per heavy atom. The minimum Gasteiger partial charge on any atom is -0.383 e. The summed E-state index contributed by atoms with van der Waals surface area (Å²) < 4.78 is 0.751. The molecule has 5 heteroatoms. The molecule has 3 aliphatic rings. The van der Waals surface area contributed by atoms with E-state index in [0.717, 1.165) is 28.3 Å². The van der Waals surface area contributed by atoms with Crippen molar-refractivity contribution in [3.05, 3.63) is 10.7 Å². The number of hydrogen-bond acceptors (Lipinski definition) is 4. The molecule has 4 nitrogen and oxygen atoms in total. The monoisotopic (exact) mass is 294 g/mol. The highest BCUT2D eigenvalue weighted by molar-refractivity contribution is 9.10. The molecule has 4 rings (SSSR count). The Kier molecular flexibility index (Phi) is 1.99. The lowest BCUT2D eigenvalue weighted by Gasteiger charge is -2.10. The molecule has 0 aromatic carbocycles. The number of nitrogens with zero attached hydrogens (tertiary/aromatic N) is 2. The highest BCUT2D eigenvalue weighted by Crippen LogP contribution is 2.66. The molecule has 1 aromatic rings. The molecule has 0 radical (unpaired) electrons. The first-order chi connectivity index (χ1) is 8.22. The van der Waals surface area contributed by atoms with E-state index < -0.39 is 0 Å². The van der Waals surface area contributed by atoms with Crippen LogP contribution >= 0.6 is 15.9 Å². The van der Waals surface area contributed by atoms with Crippen molar-refractivity contribution in [2.45, 2.75) is 25.3 Å². The van der Waals surface area contributed by atoms with Crippen LogP contribution in [-0.4, -0.2) is 16.0 Å². The standard InChI is InChI=1S/C12H15BrN4/c13-7-4-8(14)16-12(15-7)17-11-9-5-1-2-6(3-5)10(9)11/h4-6,9-11H,1-3H2,(H3,14,15,16,17). The smallest absolute Gasteiger partial charge is 0.225 e. The molecule has 4 unspecified atom stereocenters. The third kappa shape index (κ3) is 1.48. The van der Waals surface area contributed by atoms with Crippen molar-refractivity contribution in [3.63, 3.8) is 0 Å². The Hall–Kier alpha value is -0.840. The second kappa shape index (κ2) is 3.34. The van der Waals surface area contributed by atoms with Gasteiger partial charge in [-0.25, -0.2) is 4.98 Å². The number of anilines is 2. The van der Waals surface area contributed by atoms with Gasteiger partial charge >= 0.3 is 0 Å². The maximum absolute atomic E-state index is 5.72. The minimum atomic E-state index is 0.517. The number of aromatic nitrogens is 2. The van der Waals surface area contributed by atoms with Gasteiger partial charge in [0.25, 0.3) is 0 Å². The number of rotatable bonds is 2. The zero-order valence-corrected chi connectivity index (χ0v) is 11.0. The number of halogens is 1. The zero-order chi connectivity index (χ0) is 11.6. The predicted octanol–water partition coefficient (Wildman–Crippen LogP) is 2.28. The maximum Gasteiger partial charge on any atom is 0.225 e. The first-order valence-corrected chi connectivity index (χ1v) is 7.08. The van der Waals surface area contributed by atoms with Crippen LogP contribution < -0.4 is 11.1 Å². The fraction of sp³-hybridized carbons (Fsp3) is 0.667. The highest BCUT2D eigenvalue weighted by Gasteiger charge is 2.65. The first kappa shape index (κ1) is 10.1. The van der Waals surface area contributed by atoms with Crippen LogP contribution in [0.3, 0.4) is 0 Å².